The van der Waals surface area contributed by atoms with Crippen molar-refractivity contribution in [3.8, 4) is 0 Å². The highest BCUT2D eigenvalue weighted by Gasteiger charge is 2.19. The third-order valence-electron chi connectivity index (χ3n) is 3.37. The summed E-state index contributed by atoms with van der Waals surface area (Å²) in [5, 5.41) is 5.20. The van der Waals surface area contributed by atoms with Crippen molar-refractivity contribution >= 4 is 15.9 Å². The highest BCUT2D eigenvalue weighted by molar-refractivity contribution is 7.89. The minimum atomic E-state index is -3.83. The number of benzene rings is 1. The molecular weight excluding hydrogens is 276 g/mol. The number of hydrogen-bond acceptors (Lipinski definition) is 3. The van der Waals surface area contributed by atoms with E-state index in [4.69, 9.17) is 5.14 Å². The maximum absolute atomic E-state index is 12.3. The first-order valence-electron chi connectivity index (χ1n) is 6.58. The Hall–Kier alpha value is -1.40. The van der Waals surface area contributed by atoms with Crippen molar-refractivity contribution in [1.82, 2.24) is 4.90 Å². The van der Waals surface area contributed by atoms with Crippen LogP contribution in [0, 0.1) is 13.8 Å². The van der Waals surface area contributed by atoms with Crippen LogP contribution in [-0.2, 0) is 10.0 Å². The van der Waals surface area contributed by atoms with Crippen LogP contribution in [0.4, 0.5) is 0 Å². The summed E-state index contributed by atoms with van der Waals surface area (Å²) < 4.78 is 23.2. The minimum absolute atomic E-state index is 0.0183. The standard InChI is InChI=1S/C14H22N2O3S/c1-5-6-7-16(4)14(17)12-8-10(2)11(3)13(9-12)20(15,18)19/h8-9H,5-7H2,1-4H3,(H2,15,18,19). The zero-order valence-corrected chi connectivity index (χ0v) is 13.3. The molecule has 20 heavy (non-hydrogen) atoms. The van der Waals surface area contributed by atoms with Crippen LogP contribution < -0.4 is 5.14 Å². The van der Waals surface area contributed by atoms with Crippen molar-refractivity contribution in [1.29, 1.82) is 0 Å². The number of sulfonamides is 1. The number of hydrogen-bond donors (Lipinski definition) is 1. The molecule has 0 unspecified atom stereocenters. The third-order valence-corrected chi connectivity index (χ3v) is 4.40. The van der Waals surface area contributed by atoms with E-state index in [9.17, 15) is 13.2 Å². The van der Waals surface area contributed by atoms with E-state index in [-0.39, 0.29) is 10.8 Å². The van der Waals surface area contributed by atoms with Crippen LogP contribution in [0.1, 0.15) is 41.3 Å². The molecule has 1 aromatic carbocycles. The molecule has 0 radical (unpaired) electrons. The van der Waals surface area contributed by atoms with Crippen LogP contribution in [0.2, 0.25) is 0 Å². The van der Waals surface area contributed by atoms with Crippen molar-refractivity contribution in [3.05, 3.63) is 28.8 Å². The van der Waals surface area contributed by atoms with Crippen molar-refractivity contribution in [2.75, 3.05) is 13.6 Å². The Morgan fingerprint density at radius 2 is 1.90 bits per heavy atom. The van der Waals surface area contributed by atoms with Crippen LogP contribution in [0.5, 0.6) is 0 Å². The predicted molar refractivity (Wildman–Crippen MR) is 79.2 cm³/mol. The van der Waals surface area contributed by atoms with Crippen molar-refractivity contribution in [2.24, 2.45) is 5.14 Å². The highest BCUT2D eigenvalue weighted by atomic mass is 32.2. The van der Waals surface area contributed by atoms with Gasteiger partial charge in [-0.25, -0.2) is 13.6 Å². The van der Waals surface area contributed by atoms with Crippen LogP contribution >= 0.6 is 0 Å². The van der Waals surface area contributed by atoms with E-state index in [0.717, 1.165) is 18.4 Å². The SMILES string of the molecule is CCCCN(C)C(=O)c1cc(C)c(C)c(S(N)(=O)=O)c1. The van der Waals surface area contributed by atoms with Gasteiger partial charge in [0.25, 0.3) is 5.91 Å². The van der Waals surface area contributed by atoms with Gasteiger partial charge in [-0.3, -0.25) is 4.79 Å². The maximum atomic E-state index is 12.3. The van der Waals surface area contributed by atoms with Crippen LogP contribution in [0.3, 0.4) is 0 Å². The number of aryl methyl sites for hydroxylation is 1. The summed E-state index contributed by atoms with van der Waals surface area (Å²) in [5.74, 6) is -0.188. The van der Waals surface area contributed by atoms with Gasteiger partial charge in [0, 0.05) is 19.2 Å². The molecule has 1 amide bonds. The molecule has 2 N–H and O–H groups in total. The van der Waals surface area contributed by atoms with Gasteiger partial charge in [0.1, 0.15) is 0 Å². The van der Waals surface area contributed by atoms with Gasteiger partial charge in [-0.2, -0.15) is 0 Å². The summed E-state index contributed by atoms with van der Waals surface area (Å²) in [6.07, 6.45) is 1.90. The maximum Gasteiger partial charge on any atom is 0.253 e. The first-order chi connectivity index (χ1) is 9.18. The summed E-state index contributed by atoms with van der Waals surface area (Å²) in [6.45, 7) is 6.15. The second kappa shape index (κ2) is 6.37. The summed E-state index contributed by atoms with van der Waals surface area (Å²) >= 11 is 0. The first kappa shape index (κ1) is 16.7. The lowest BCUT2D eigenvalue weighted by molar-refractivity contribution is 0.0793. The Morgan fingerprint density at radius 3 is 2.40 bits per heavy atom. The van der Waals surface area contributed by atoms with Crippen molar-refractivity contribution in [2.45, 2.75) is 38.5 Å². The average molecular weight is 298 g/mol. The zero-order valence-electron chi connectivity index (χ0n) is 12.4. The smallest absolute Gasteiger partial charge is 0.253 e. The molecule has 0 saturated carbocycles. The number of rotatable bonds is 5. The molecule has 0 aliphatic carbocycles. The summed E-state index contributed by atoms with van der Waals surface area (Å²) in [6, 6.07) is 3.07. The predicted octanol–water partition coefficient (Wildman–Crippen LogP) is 1.82. The normalized spacial score (nSPS) is 11.4. The van der Waals surface area contributed by atoms with E-state index < -0.39 is 10.0 Å². The van der Waals surface area contributed by atoms with E-state index in [2.05, 4.69) is 0 Å². The lowest BCUT2D eigenvalue weighted by Gasteiger charge is -2.18. The topological polar surface area (TPSA) is 80.5 Å². The van der Waals surface area contributed by atoms with E-state index >= 15 is 0 Å². The number of carbonyl (C=O) groups is 1. The Balaban J connectivity index is 3.21. The Labute approximate surface area is 120 Å². The molecule has 1 rings (SSSR count). The molecule has 0 spiro atoms. The molecule has 6 heteroatoms. The summed E-state index contributed by atoms with van der Waals surface area (Å²) in [4.78, 5) is 13.9. The van der Waals surface area contributed by atoms with Gasteiger partial charge in [0.05, 0.1) is 4.90 Å². The molecule has 5 nitrogen and oxygen atoms in total. The molecule has 1 aromatic rings. The summed E-state index contributed by atoms with van der Waals surface area (Å²) in [7, 11) is -2.11. The second-order valence-electron chi connectivity index (χ2n) is 5.04. The van der Waals surface area contributed by atoms with Crippen molar-refractivity contribution < 1.29 is 13.2 Å². The fourth-order valence-corrected chi connectivity index (χ4v) is 2.84. The fraction of sp³-hybridized carbons (Fsp3) is 0.500. The van der Waals surface area contributed by atoms with Crippen LogP contribution in [0.25, 0.3) is 0 Å². The number of unbranched alkanes of at least 4 members (excludes halogenated alkanes) is 1. The molecule has 0 atom stereocenters. The number of amides is 1. The van der Waals surface area contributed by atoms with E-state index in [0.29, 0.717) is 17.7 Å². The number of carbonyl (C=O) groups excluding carboxylic acids is 1. The zero-order chi connectivity index (χ0) is 15.5. The van der Waals surface area contributed by atoms with Gasteiger partial charge in [-0.15, -0.1) is 0 Å². The van der Waals surface area contributed by atoms with Gasteiger partial charge in [-0.05, 0) is 43.5 Å². The second-order valence-corrected chi connectivity index (χ2v) is 6.57. The van der Waals surface area contributed by atoms with E-state index in [1.54, 1.807) is 31.9 Å². The van der Waals surface area contributed by atoms with Crippen molar-refractivity contribution in [3.63, 3.8) is 0 Å². The Kier molecular flexibility index (Phi) is 5.30. The van der Waals surface area contributed by atoms with Gasteiger partial charge in [0.15, 0.2) is 0 Å². The molecular formula is C14H22N2O3S. The number of primary sulfonamides is 1. The Morgan fingerprint density at radius 1 is 1.30 bits per heavy atom. The molecule has 0 aliphatic heterocycles. The summed E-state index contributed by atoms with van der Waals surface area (Å²) in [5.41, 5.74) is 1.68. The van der Waals surface area contributed by atoms with E-state index in [1.807, 2.05) is 6.92 Å². The molecule has 0 fully saturated rings. The molecule has 112 valence electrons. The van der Waals surface area contributed by atoms with Gasteiger partial charge >= 0.3 is 0 Å². The molecule has 0 heterocycles. The molecule has 0 aromatic heterocycles. The number of nitrogens with zero attached hydrogens (tertiary/aromatic N) is 1. The van der Waals surface area contributed by atoms with Gasteiger partial charge < -0.3 is 4.90 Å². The lowest BCUT2D eigenvalue weighted by atomic mass is 10.1. The van der Waals surface area contributed by atoms with Gasteiger partial charge in [-0.1, -0.05) is 13.3 Å². The number of nitrogens with two attached hydrogens (primary N) is 1. The first-order valence-corrected chi connectivity index (χ1v) is 8.12. The third kappa shape index (κ3) is 3.80. The Bertz CT molecular complexity index is 609. The fourth-order valence-electron chi connectivity index (χ4n) is 1.96. The molecule has 0 saturated heterocycles. The molecule has 0 bridgehead atoms. The average Bonchev–Trinajstić information content (AvgIpc) is 2.36. The van der Waals surface area contributed by atoms with Crippen LogP contribution in [-0.4, -0.2) is 32.8 Å². The lowest BCUT2D eigenvalue weighted by Crippen LogP contribution is -2.28. The largest absolute Gasteiger partial charge is 0.342 e. The quantitative estimate of drug-likeness (QED) is 0.900. The monoisotopic (exact) mass is 298 g/mol. The minimum Gasteiger partial charge on any atom is -0.342 e. The molecule has 0 aliphatic rings. The van der Waals surface area contributed by atoms with Gasteiger partial charge in [0.2, 0.25) is 10.0 Å². The van der Waals surface area contributed by atoms with Crippen LogP contribution in [0.15, 0.2) is 17.0 Å². The highest BCUT2D eigenvalue weighted by Crippen LogP contribution is 2.21. The van der Waals surface area contributed by atoms with E-state index in [1.165, 1.54) is 6.07 Å².